The van der Waals surface area contributed by atoms with Crippen LogP contribution in [0, 0.1) is 0 Å². The van der Waals surface area contributed by atoms with Gasteiger partial charge in [-0.1, -0.05) is 12.1 Å². The maximum atomic E-state index is 11.7. The lowest BCUT2D eigenvalue weighted by Gasteiger charge is -2.33. The van der Waals surface area contributed by atoms with Gasteiger partial charge in [-0.15, -0.1) is 0 Å². The highest BCUT2D eigenvalue weighted by molar-refractivity contribution is 5.98. The zero-order chi connectivity index (χ0) is 21.4. The van der Waals surface area contributed by atoms with Crippen LogP contribution in [0.4, 0.5) is 17.3 Å². The molecule has 1 fully saturated rings. The highest BCUT2D eigenvalue weighted by Gasteiger charge is 2.37. The van der Waals surface area contributed by atoms with Crippen molar-refractivity contribution in [2.45, 2.75) is 38.1 Å². The van der Waals surface area contributed by atoms with Gasteiger partial charge < -0.3 is 26.2 Å². The predicted molar refractivity (Wildman–Crippen MR) is 115 cm³/mol. The molecule has 0 aromatic carbocycles. The van der Waals surface area contributed by atoms with Crippen LogP contribution in [0.25, 0.3) is 11.5 Å². The van der Waals surface area contributed by atoms with Crippen molar-refractivity contribution >= 4 is 23.2 Å². The number of piperidine rings is 1. The second-order valence-electron chi connectivity index (χ2n) is 7.96. The van der Waals surface area contributed by atoms with E-state index >= 15 is 0 Å². The number of carbonyl (C=O) groups is 1. The van der Waals surface area contributed by atoms with Gasteiger partial charge in [-0.05, 0) is 44.5 Å². The standard InChI is InChI=1S/C21H24N8O2/c1-2-21(5-7-23-8-6-21)20-28-19(31-29-20)13-10-24-17(9-14(13)22)27-16-4-3-12-15(26-16)11-25-18(12)30/h3-4,9-10,23H,2,5-8,11H2,1H3,(H,25,30)(H3,22,24,26,27). The van der Waals surface area contributed by atoms with Crippen LogP contribution in [0.3, 0.4) is 0 Å². The fourth-order valence-corrected chi connectivity index (χ4v) is 4.21. The molecular formula is C21H24N8O2. The first kappa shape index (κ1) is 19.4. The molecule has 10 heteroatoms. The number of aromatic nitrogens is 4. The molecule has 5 heterocycles. The van der Waals surface area contributed by atoms with Crippen LogP contribution < -0.4 is 21.7 Å². The van der Waals surface area contributed by atoms with Crippen LogP contribution in [0.2, 0.25) is 0 Å². The van der Waals surface area contributed by atoms with E-state index in [1.54, 1.807) is 24.4 Å². The molecule has 160 valence electrons. The molecule has 1 saturated heterocycles. The number of nitrogen functional groups attached to an aromatic ring is 1. The SMILES string of the molecule is CCC1(c2noc(-c3cnc(Nc4ccc5c(n4)CNC5=O)cc3N)n2)CCNCC1. The summed E-state index contributed by atoms with van der Waals surface area (Å²) in [4.78, 5) is 25.2. The molecule has 3 aromatic rings. The molecule has 0 aliphatic carbocycles. The van der Waals surface area contributed by atoms with Crippen LogP contribution in [-0.2, 0) is 12.0 Å². The van der Waals surface area contributed by atoms with Crippen molar-refractivity contribution in [3.8, 4) is 11.5 Å². The minimum atomic E-state index is -0.103. The maximum absolute atomic E-state index is 11.7. The molecule has 5 rings (SSSR count). The number of hydrogen-bond acceptors (Lipinski definition) is 9. The molecule has 0 radical (unpaired) electrons. The van der Waals surface area contributed by atoms with Crippen molar-refractivity contribution in [3.05, 3.63) is 41.5 Å². The first-order valence-corrected chi connectivity index (χ1v) is 10.4. The van der Waals surface area contributed by atoms with E-state index in [0.717, 1.165) is 38.2 Å². The van der Waals surface area contributed by atoms with E-state index in [1.165, 1.54) is 0 Å². The van der Waals surface area contributed by atoms with Gasteiger partial charge in [0.05, 0.1) is 23.4 Å². The summed E-state index contributed by atoms with van der Waals surface area (Å²) in [6.07, 6.45) is 4.54. The van der Waals surface area contributed by atoms with Crippen molar-refractivity contribution in [2.75, 3.05) is 24.1 Å². The third-order valence-corrected chi connectivity index (χ3v) is 6.20. The Bertz CT molecular complexity index is 1140. The van der Waals surface area contributed by atoms with Gasteiger partial charge in [0, 0.05) is 23.4 Å². The number of nitrogens with zero attached hydrogens (tertiary/aromatic N) is 4. The van der Waals surface area contributed by atoms with Crippen molar-refractivity contribution < 1.29 is 9.32 Å². The number of carbonyl (C=O) groups excluding carboxylic acids is 1. The molecule has 3 aromatic heterocycles. The second kappa shape index (κ2) is 7.62. The largest absolute Gasteiger partial charge is 0.398 e. The number of hydrogen-bond donors (Lipinski definition) is 4. The smallest absolute Gasteiger partial charge is 0.261 e. The molecular weight excluding hydrogens is 396 g/mol. The summed E-state index contributed by atoms with van der Waals surface area (Å²) >= 11 is 0. The normalized spacial score (nSPS) is 17.3. The van der Waals surface area contributed by atoms with E-state index in [-0.39, 0.29) is 11.3 Å². The number of nitrogens with two attached hydrogens (primary N) is 1. The lowest BCUT2D eigenvalue weighted by molar-refractivity contribution is 0.0966. The molecule has 5 N–H and O–H groups in total. The topological polar surface area (TPSA) is 144 Å². The molecule has 0 spiro atoms. The Morgan fingerprint density at radius 1 is 1.19 bits per heavy atom. The lowest BCUT2D eigenvalue weighted by atomic mass is 9.76. The average molecular weight is 420 g/mol. The summed E-state index contributed by atoms with van der Waals surface area (Å²) in [6, 6.07) is 5.19. The Kier molecular flexibility index (Phi) is 4.78. The molecule has 0 saturated carbocycles. The number of fused-ring (bicyclic) bond motifs is 1. The molecule has 2 aliphatic heterocycles. The van der Waals surface area contributed by atoms with Crippen molar-refractivity contribution in [1.82, 2.24) is 30.7 Å². The molecule has 1 amide bonds. The minimum absolute atomic E-state index is 0.0633. The van der Waals surface area contributed by atoms with Gasteiger partial charge in [-0.2, -0.15) is 4.98 Å². The van der Waals surface area contributed by atoms with Gasteiger partial charge in [-0.25, -0.2) is 9.97 Å². The van der Waals surface area contributed by atoms with E-state index in [0.29, 0.717) is 46.6 Å². The third kappa shape index (κ3) is 3.48. The number of rotatable bonds is 5. The van der Waals surface area contributed by atoms with Crippen molar-refractivity contribution in [1.29, 1.82) is 0 Å². The lowest BCUT2D eigenvalue weighted by Crippen LogP contribution is -2.40. The summed E-state index contributed by atoms with van der Waals surface area (Å²) in [7, 11) is 0. The molecule has 0 bridgehead atoms. The maximum Gasteiger partial charge on any atom is 0.261 e. The summed E-state index contributed by atoms with van der Waals surface area (Å²) in [5.74, 6) is 2.13. The molecule has 0 atom stereocenters. The Morgan fingerprint density at radius 2 is 2.03 bits per heavy atom. The highest BCUT2D eigenvalue weighted by atomic mass is 16.5. The van der Waals surface area contributed by atoms with Gasteiger partial charge >= 0.3 is 0 Å². The Hall–Kier alpha value is -3.53. The van der Waals surface area contributed by atoms with Gasteiger partial charge in [-0.3, -0.25) is 4.79 Å². The Morgan fingerprint density at radius 3 is 2.81 bits per heavy atom. The van der Waals surface area contributed by atoms with Crippen LogP contribution in [-0.4, -0.2) is 39.1 Å². The molecule has 10 nitrogen and oxygen atoms in total. The van der Waals surface area contributed by atoms with E-state index < -0.39 is 0 Å². The number of pyridine rings is 2. The van der Waals surface area contributed by atoms with Crippen molar-refractivity contribution in [2.24, 2.45) is 0 Å². The van der Waals surface area contributed by atoms with Crippen LogP contribution in [0.1, 0.15) is 48.1 Å². The minimum Gasteiger partial charge on any atom is -0.398 e. The second-order valence-corrected chi connectivity index (χ2v) is 7.96. The highest BCUT2D eigenvalue weighted by Crippen LogP contribution is 2.36. The molecule has 0 unspecified atom stereocenters. The summed E-state index contributed by atoms with van der Waals surface area (Å²) in [5.41, 5.74) is 8.59. The first-order chi connectivity index (χ1) is 15.1. The fraction of sp³-hybridized carbons (Fsp3) is 0.381. The quantitative estimate of drug-likeness (QED) is 0.488. The number of anilines is 3. The number of amides is 1. The zero-order valence-corrected chi connectivity index (χ0v) is 17.2. The summed E-state index contributed by atoms with van der Waals surface area (Å²) in [6.45, 7) is 4.48. The molecule has 31 heavy (non-hydrogen) atoms. The Labute approximate surface area is 179 Å². The third-order valence-electron chi connectivity index (χ3n) is 6.20. The van der Waals surface area contributed by atoms with Crippen molar-refractivity contribution in [3.63, 3.8) is 0 Å². The first-order valence-electron chi connectivity index (χ1n) is 10.4. The average Bonchev–Trinajstić information content (AvgIpc) is 3.42. The Balaban J connectivity index is 1.37. The zero-order valence-electron chi connectivity index (χ0n) is 17.2. The fourth-order valence-electron chi connectivity index (χ4n) is 4.21. The van der Waals surface area contributed by atoms with E-state index in [1.807, 2.05) is 0 Å². The van der Waals surface area contributed by atoms with E-state index in [4.69, 9.17) is 10.3 Å². The van der Waals surface area contributed by atoms with Gasteiger partial charge in [0.15, 0.2) is 5.82 Å². The van der Waals surface area contributed by atoms with Gasteiger partial charge in [0.25, 0.3) is 11.8 Å². The van der Waals surface area contributed by atoms with E-state index in [2.05, 4.69) is 43.0 Å². The monoisotopic (exact) mass is 420 g/mol. The summed E-state index contributed by atoms with van der Waals surface area (Å²) < 4.78 is 5.56. The van der Waals surface area contributed by atoms with Gasteiger partial charge in [0.2, 0.25) is 0 Å². The summed E-state index contributed by atoms with van der Waals surface area (Å²) in [5, 5.41) is 13.5. The van der Waals surface area contributed by atoms with Crippen LogP contribution in [0.5, 0.6) is 0 Å². The van der Waals surface area contributed by atoms with Crippen LogP contribution in [0.15, 0.2) is 28.9 Å². The van der Waals surface area contributed by atoms with E-state index in [9.17, 15) is 4.79 Å². The predicted octanol–water partition coefficient (Wildman–Crippen LogP) is 2.13. The van der Waals surface area contributed by atoms with Gasteiger partial charge in [0.1, 0.15) is 11.6 Å². The number of nitrogens with one attached hydrogen (secondary N) is 3. The molecule has 2 aliphatic rings. The van der Waals surface area contributed by atoms with Crippen LogP contribution >= 0.6 is 0 Å².